The molecule has 10 nitrogen and oxygen atoms in total. The minimum Gasteiger partial charge on any atom is -0.508 e. The van der Waals surface area contributed by atoms with Crippen molar-refractivity contribution in [1.82, 2.24) is 19.9 Å². The molecule has 4 aromatic rings. The number of hydrogen-bond donors (Lipinski definition) is 2. The Morgan fingerprint density at radius 3 is 2.76 bits per heavy atom. The molecule has 2 aromatic carbocycles. The first-order valence-corrected chi connectivity index (χ1v) is 18.2. The van der Waals surface area contributed by atoms with Crippen LogP contribution in [0.2, 0.25) is 0 Å². The van der Waals surface area contributed by atoms with Gasteiger partial charge in [-0.3, -0.25) is 9.88 Å². The number of aryl methyl sites for hydroxylation is 1. The van der Waals surface area contributed by atoms with Gasteiger partial charge in [0.2, 0.25) is 0 Å². The van der Waals surface area contributed by atoms with Gasteiger partial charge in [-0.05, 0) is 92.9 Å². The molecule has 3 atom stereocenters. The van der Waals surface area contributed by atoms with Crippen molar-refractivity contribution in [2.24, 2.45) is 11.3 Å². The van der Waals surface area contributed by atoms with Crippen LogP contribution in [0.5, 0.6) is 11.8 Å². The number of phenolic OH excluding ortho intramolecular Hbond substituents is 1. The first-order chi connectivity index (χ1) is 24.6. The van der Waals surface area contributed by atoms with Crippen molar-refractivity contribution < 1.29 is 28.5 Å². The molecule has 268 valence electrons. The number of nitriles is 1. The van der Waals surface area contributed by atoms with E-state index in [9.17, 15) is 15.5 Å². The smallest absolute Gasteiger partial charge is 0.319 e. The molecule has 2 aromatic heterocycles. The molecule has 8 rings (SSSR count). The number of β-amino-alcohol motifs (C(OH)–C–C–N with tert-alkyl or cyclic N) is 1. The van der Waals surface area contributed by atoms with Gasteiger partial charge in [0, 0.05) is 41.7 Å². The van der Waals surface area contributed by atoms with E-state index in [1.165, 1.54) is 24.4 Å². The highest BCUT2D eigenvalue weighted by Crippen LogP contribution is 2.51. The summed E-state index contributed by atoms with van der Waals surface area (Å²) in [4.78, 5) is 18.6. The van der Waals surface area contributed by atoms with E-state index in [1.54, 1.807) is 13.0 Å². The van der Waals surface area contributed by atoms with Crippen molar-refractivity contribution in [3.05, 3.63) is 47.7 Å². The molecule has 4 fully saturated rings. The first kappa shape index (κ1) is 33.9. The number of hydrogen-bond acceptors (Lipinski definition) is 10. The lowest BCUT2D eigenvalue weighted by Gasteiger charge is -2.52. The van der Waals surface area contributed by atoms with Crippen LogP contribution in [-0.2, 0) is 11.2 Å². The second kappa shape index (κ2) is 13.1. The summed E-state index contributed by atoms with van der Waals surface area (Å²) < 4.78 is 44.4. The van der Waals surface area contributed by atoms with Gasteiger partial charge in [-0.1, -0.05) is 19.4 Å². The number of pyridine rings is 1. The molecule has 12 heteroatoms. The molecule has 0 spiro atoms. The molecule has 4 heterocycles. The van der Waals surface area contributed by atoms with E-state index in [0.29, 0.717) is 65.8 Å². The lowest BCUT2D eigenvalue weighted by atomic mass is 9.72. The normalized spacial score (nSPS) is 28.3. The van der Waals surface area contributed by atoms with Crippen molar-refractivity contribution in [2.75, 3.05) is 44.4 Å². The van der Waals surface area contributed by atoms with E-state index >= 15 is 8.78 Å². The number of anilines is 1. The Morgan fingerprint density at radius 1 is 1.14 bits per heavy atom. The fourth-order valence-corrected chi connectivity index (χ4v) is 9.28. The molecule has 0 radical (unpaired) electrons. The lowest BCUT2D eigenvalue weighted by Crippen LogP contribution is -2.58. The van der Waals surface area contributed by atoms with E-state index in [1.807, 2.05) is 11.8 Å². The number of piperidine rings is 1. The molecular formula is C39H44F2N6O4. The molecular weight excluding hydrogens is 654 g/mol. The van der Waals surface area contributed by atoms with Crippen molar-refractivity contribution in [3.8, 4) is 29.1 Å². The summed E-state index contributed by atoms with van der Waals surface area (Å²) in [7, 11) is 0. The fourth-order valence-electron chi connectivity index (χ4n) is 9.28. The summed E-state index contributed by atoms with van der Waals surface area (Å²) in [6.45, 7) is 5.98. The van der Waals surface area contributed by atoms with Gasteiger partial charge in [-0.2, -0.15) is 15.2 Å². The van der Waals surface area contributed by atoms with Gasteiger partial charge in [-0.15, -0.1) is 0 Å². The monoisotopic (exact) mass is 698 g/mol. The Morgan fingerprint density at radius 2 is 1.96 bits per heavy atom. The van der Waals surface area contributed by atoms with Gasteiger partial charge in [0.05, 0.1) is 37.8 Å². The number of nitrogens with zero attached hydrogens (tertiary/aromatic N) is 6. The van der Waals surface area contributed by atoms with E-state index < -0.39 is 17.2 Å². The van der Waals surface area contributed by atoms with Gasteiger partial charge >= 0.3 is 6.01 Å². The third kappa shape index (κ3) is 6.03. The highest BCUT2D eigenvalue weighted by Gasteiger charge is 2.51. The molecule has 0 amide bonds. The van der Waals surface area contributed by atoms with E-state index in [4.69, 9.17) is 14.5 Å². The minimum atomic E-state index is -1.19. The number of aromatic hydroxyl groups is 1. The van der Waals surface area contributed by atoms with Gasteiger partial charge < -0.3 is 24.6 Å². The molecule has 0 bridgehead atoms. The van der Waals surface area contributed by atoms with Crippen LogP contribution in [0.1, 0.15) is 64.4 Å². The van der Waals surface area contributed by atoms with E-state index in [-0.39, 0.29) is 53.0 Å². The van der Waals surface area contributed by atoms with E-state index in [0.717, 1.165) is 51.5 Å². The molecule has 2 aliphatic heterocycles. The number of likely N-dealkylation sites (tertiary alicyclic amines) is 1. The maximum Gasteiger partial charge on any atom is 0.319 e. The van der Waals surface area contributed by atoms with Crippen LogP contribution in [0.15, 0.2) is 30.5 Å². The molecule has 2 aliphatic carbocycles. The summed E-state index contributed by atoms with van der Waals surface area (Å²) in [5, 5.41) is 32.5. The van der Waals surface area contributed by atoms with Crippen molar-refractivity contribution in [3.63, 3.8) is 0 Å². The van der Waals surface area contributed by atoms with Crippen LogP contribution >= 0.6 is 0 Å². The van der Waals surface area contributed by atoms with Crippen LogP contribution in [0.25, 0.3) is 32.9 Å². The summed E-state index contributed by atoms with van der Waals surface area (Å²) in [6, 6.07) is 9.09. The number of aromatic nitrogens is 3. The highest BCUT2D eigenvalue weighted by atomic mass is 19.1. The van der Waals surface area contributed by atoms with E-state index in [2.05, 4.69) is 20.9 Å². The summed E-state index contributed by atoms with van der Waals surface area (Å²) in [6.07, 6.45) is 8.93. The molecule has 2 saturated heterocycles. The zero-order chi connectivity index (χ0) is 35.5. The Balaban J connectivity index is 1.22. The van der Waals surface area contributed by atoms with Crippen molar-refractivity contribution >= 4 is 27.5 Å². The third-order valence-corrected chi connectivity index (χ3v) is 11.8. The summed E-state index contributed by atoms with van der Waals surface area (Å²) in [5.41, 5.74) is -0.704. The van der Waals surface area contributed by atoms with Gasteiger partial charge in [0.25, 0.3) is 0 Å². The lowest BCUT2D eigenvalue weighted by molar-refractivity contribution is -0.0472. The van der Waals surface area contributed by atoms with Crippen LogP contribution in [0, 0.1) is 34.3 Å². The number of aliphatic hydroxyl groups is 1. The zero-order valence-corrected chi connectivity index (χ0v) is 29.2. The number of rotatable bonds is 7. The molecule has 2 N–H and O–H groups in total. The SMILES string of the molecule is CCc1c(F)ccc2cc(O)cc(-c3ncc4c(N5CCOCC(C)(O)C5)nc(OCC56CCCC5N(C5CC(C#N)C5)CCC6)nc4c3F)c12. The van der Waals surface area contributed by atoms with Crippen molar-refractivity contribution in [2.45, 2.75) is 82.9 Å². The number of benzene rings is 2. The van der Waals surface area contributed by atoms with Crippen LogP contribution in [0.3, 0.4) is 0 Å². The third-order valence-electron chi connectivity index (χ3n) is 11.8. The fraction of sp³-hybridized carbons (Fsp3) is 0.538. The predicted molar refractivity (Wildman–Crippen MR) is 189 cm³/mol. The first-order valence-electron chi connectivity index (χ1n) is 18.2. The average molecular weight is 699 g/mol. The summed E-state index contributed by atoms with van der Waals surface area (Å²) >= 11 is 0. The largest absolute Gasteiger partial charge is 0.508 e. The van der Waals surface area contributed by atoms with Crippen LogP contribution < -0.4 is 9.64 Å². The zero-order valence-electron chi connectivity index (χ0n) is 29.2. The Hall–Kier alpha value is -4.18. The second-order valence-corrected chi connectivity index (χ2v) is 15.3. The number of fused-ring (bicyclic) bond motifs is 3. The topological polar surface area (TPSA) is 128 Å². The molecule has 3 unspecified atom stereocenters. The molecule has 2 saturated carbocycles. The Labute approximate surface area is 296 Å². The quantitative estimate of drug-likeness (QED) is 0.227. The highest BCUT2D eigenvalue weighted by molar-refractivity contribution is 6.01. The standard InChI is InChI=1S/C39H44F2N6O4/c1-3-27-30(40)8-7-24-16-26(48)17-28(32(24)27)34-33(41)35-29(19-43-34)36(46-12-13-50-21-38(2,49)20-46)45-37(44-35)51-22-39-9-4-6-31(39)47(11-5-10-39)25-14-23(15-25)18-42/h7-8,16-17,19,23,25,31,48-49H,3-6,9-15,20-22H2,1-2H3. The molecule has 4 aliphatic rings. The Kier molecular flexibility index (Phi) is 8.72. The average Bonchev–Trinajstić information content (AvgIpc) is 3.44. The number of ether oxygens (including phenoxy) is 2. The summed E-state index contributed by atoms with van der Waals surface area (Å²) in [5.74, 6) is -0.735. The number of halogens is 2. The van der Waals surface area contributed by atoms with Gasteiger partial charge in [0.15, 0.2) is 5.82 Å². The van der Waals surface area contributed by atoms with Crippen LogP contribution in [0.4, 0.5) is 14.6 Å². The predicted octanol–water partition coefficient (Wildman–Crippen LogP) is 6.29. The minimum absolute atomic E-state index is 0.0153. The maximum absolute atomic E-state index is 17.1. The maximum atomic E-state index is 17.1. The second-order valence-electron chi connectivity index (χ2n) is 15.3. The molecule has 51 heavy (non-hydrogen) atoms. The van der Waals surface area contributed by atoms with Gasteiger partial charge in [-0.25, -0.2) is 8.78 Å². The van der Waals surface area contributed by atoms with Gasteiger partial charge in [0.1, 0.15) is 34.2 Å². The number of phenols is 1. The van der Waals surface area contributed by atoms with Crippen molar-refractivity contribution in [1.29, 1.82) is 5.26 Å². The van der Waals surface area contributed by atoms with Crippen LogP contribution in [-0.4, -0.2) is 87.2 Å². The Bertz CT molecular complexity index is 2030.